The van der Waals surface area contributed by atoms with E-state index in [1.165, 1.54) is 24.9 Å². The average Bonchev–Trinajstić information content (AvgIpc) is 2.93. The van der Waals surface area contributed by atoms with Crippen molar-refractivity contribution in [1.29, 1.82) is 0 Å². The van der Waals surface area contributed by atoms with Gasteiger partial charge in [-0.15, -0.1) is 11.3 Å². The highest BCUT2D eigenvalue weighted by Crippen LogP contribution is 2.37. The van der Waals surface area contributed by atoms with Crippen molar-refractivity contribution in [3.05, 3.63) is 45.8 Å². The van der Waals surface area contributed by atoms with Crippen LogP contribution in [0.15, 0.2) is 18.2 Å². The first-order valence-electron chi connectivity index (χ1n) is 8.75. The van der Waals surface area contributed by atoms with Gasteiger partial charge in [-0.25, -0.2) is 13.6 Å². The van der Waals surface area contributed by atoms with E-state index in [-0.39, 0.29) is 10.8 Å². The number of benzene rings is 1. The van der Waals surface area contributed by atoms with E-state index >= 15 is 0 Å². The van der Waals surface area contributed by atoms with Crippen molar-refractivity contribution in [1.82, 2.24) is 0 Å². The molecule has 0 radical (unpaired) electrons. The van der Waals surface area contributed by atoms with Crippen molar-refractivity contribution in [2.45, 2.75) is 38.5 Å². The highest BCUT2D eigenvalue weighted by molar-refractivity contribution is 7.80. The van der Waals surface area contributed by atoms with Crippen LogP contribution in [0, 0.1) is 11.6 Å². The number of hydrogen-bond donors (Lipinski definition) is 2. The lowest BCUT2D eigenvalue weighted by Crippen LogP contribution is -2.21. The number of rotatable bonds is 3. The zero-order chi connectivity index (χ0) is 19.4. The fraction of sp³-hybridized carbons (Fsp3) is 0.368. The molecule has 2 aromatic rings. The van der Waals surface area contributed by atoms with E-state index in [4.69, 9.17) is 17.0 Å². The van der Waals surface area contributed by atoms with Gasteiger partial charge in [-0.2, -0.15) is 0 Å². The third-order valence-electron chi connectivity index (χ3n) is 4.46. The first kappa shape index (κ1) is 19.7. The Morgan fingerprint density at radius 3 is 2.63 bits per heavy atom. The predicted octanol–water partition coefficient (Wildman–Crippen LogP) is 5.28. The van der Waals surface area contributed by atoms with Crippen molar-refractivity contribution < 1.29 is 18.3 Å². The molecule has 0 spiro atoms. The zero-order valence-electron chi connectivity index (χ0n) is 14.9. The van der Waals surface area contributed by atoms with Crippen molar-refractivity contribution in [2.24, 2.45) is 0 Å². The Balaban J connectivity index is 1.86. The van der Waals surface area contributed by atoms with Crippen LogP contribution < -0.4 is 10.6 Å². The fourth-order valence-corrected chi connectivity index (χ4v) is 4.73. The molecule has 4 nitrogen and oxygen atoms in total. The topological polar surface area (TPSA) is 50.4 Å². The molecule has 1 aliphatic carbocycles. The Morgan fingerprint density at radius 2 is 1.89 bits per heavy atom. The van der Waals surface area contributed by atoms with Gasteiger partial charge in [0.2, 0.25) is 0 Å². The van der Waals surface area contributed by atoms with E-state index in [9.17, 15) is 13.6 Å². The first-order chi connectivity index (χ1) is 13.0. The number of halogens is 2. The van der Waals surface area contributed by atoms with Crippen LogP contribution in [0.1, 0.15) is 46.5 Å². The Kier molecular flexibility index (Phi) is 6.38. The number of hydrogen-bond acceptors (Lipinski definition) is 4. The molecule has 8 heteroatoms. The number of esters is 1. The number of thiocarbonyl (C=S) groups is 1. The summed E-state index contributed by atoms with van der Waals surface area (Å²) in [5, 5.41) is 6.27. The molecule has 1 aliphatic rings. The van der Waals surface area contributed by atoms with E-state index in [1.54, 1.807) is 0 Å². The highest BCUT2D eigenvalue weighted by atomic mass is 32.1. The van der Waals surface area contributed by atoms with E-state index in [0.717, 1.165) is 60.7 Å². The molecular weight excluding hydrogens is 390 g/mol. The minimum absolute atomic E-state index is 0.0676. The van der Waals surface area contributed by atoms with Gasteiger partial charge in [0.25, 0.3) is 0 Å². The van der Waals surface area contributed by atoms with E-state index < -0.39 is 17.6 Å². The monoisotopic (exact) mass is 410 g/mol. The first-order valence-corrected chi connectivity index (χ1v) is 9.98. The summed E-state index contributed by atoms with van der Waals surface area (Å²) in [5.74, 6) is -1.61. The van der Waals surface area contributed by atoms with E-state index in [1.807, 2.05) is 0 Å². The van der Waals surface area contributed by atoms with Gasteiger partial charge in [-0.3, -0.25) is 0 Å². The summed E-state index contributed by atoms with van der Waals surface area (Å²) >= 11 is 6.71. The molecule has 1 aromatic carbocycles. The van der Waals surface area contributed by atoms with Gasteiger partial charge in [0.15, 0.2) is 5.11 Å². The smallest absolute Gasteiger partial charge is 0.341 e. The van der Waals surface area contributed by atoms with Gasteiger partial charge in [0.05, 0.1) is 18.4 Å². The quantitative estimate of drug-likeness (QED) is 0.533. The minimum Gasteiger partial charge on any atom is -0.465 e. The summed E-state index contributed by atoms with van der Waals surface area (Å²) in [5.41, 5.74) is 1.43. The molecule has 0 saturated carbocycles. The number of carbonyl (C=O) groups is 1. The summed E-state index contributed by atoms with van der Waals surface area (Å²) in [7, 11) is 1.35. The number of nitrogens with one attached hydrogen (secondary N) is 2. The zero-order valence-corrected chi connectivity index (χ0v) is 16.5. The van der Waals surface area contributed by atoms with Crippen LogP contribution >= 0.6 is 23.6 Å². The molecule has 144 valence electrons. The molecule has 27 heavy (non-hydrogen) atoms. The van der Waals surface area contributed by atoms with Crippen LogP contribution in [0.25, 0.3) is 0 Å². The number of aryl methyl sites for hydroxylation is 1. The van der Waals surface area contributed by atoms with Gasteiger partial charge < -0.3 is 15.4 Å². The molecule has 0 aliphatic heterocycles. The summed E-state index contributed by atoms with van der Waals surface area (Å²) < 4.78 is 32.1. The SMILES string of the molecule is COC(=O)c1c(NC(=S)Nc2cc(F)ccc2F)sc2c1CCCCCC2. The van der Waals surface area contributed by atoms with Gasteiger partial charge >= 0.3 is 5.97 Å². The molecule has 0 atom stereocenters. The number of fused-ring (bicyclic) bond motifs is 1. The summed E-state index contributed by atoms with van der Waals surface area (Å²) in [6.07, 6.45) is 6.13. The fourth-order valence-electron chi connectivity index (χ4n) is 3.18. The maximum absolute atomic E-state index is 13.8. The molecular formula is C19H20F2N2O2S2. The van der Waals surface area contributed by atoms with E-state index in [0.29, 0.717) is 10.6 Å². The number of thiophene rings is 1. The normalized spacial score (nSPS) is 13.9. The third kappa shape index (κ3) is 4.62. The van der Waals surface area contributed by atoms with E-state index in [2.05, 4.69) is 10.6 Å². The Hall–Kier alpha value is -2.06. The van der Waals surface area contributed by atoms with Crippen molar-refractivity contribution >= 4 is 45.3 Å². The summed E-state index contributed by atoms with van der Waals surface area (Å²) in [6.45, 7) is 0. The van der Waals surface area contributed by atoms with Crippen LogP contribution in [-0.4, -0.2) is 18.2 Å². The van der Waals surface area contributed by atoms with Gasteiger partial charge in [0, 0.05) is 10.9 Å². The molecule has 0 fully saturated rings. The summed E-state index contributed by atoms with van der Waals surface area (Å²) in [6, 6.07) is 3.08. The third-order valence-corrected chi connectivity index (χ3v) is 5.88. The molecule has 0 saturated heterocycles. The van der Waals surface area contributed by atoms with Crippen LogP contribution in [0.5, 0.6) is 0 Å². The largest absolute Gasteiger partial charge is 0.465 e. The number of methoxy groups -OCH3 is 1. The Labute approximate surface area is 165 Å². The van der Waals surface area contributed by atoms with Crippen LogP contribution in [-0.2, 0) is 17.6 Å². The molecule has 3 rings (SSSR count). The standard InChI is InChI=1S/C19H20F2N2O2S2/c1-25-18(24)16-12-6-4-2-3-5-7-15(12)27-17(16)23-19(26)22-14-10-11(20)8-9-13(14)21/h8-10H,2-7H2,1H3,(H2,22,23,26). The molecule has 1 heterocycles. The molecule has 0 unspecified atom stereocenters. The molecule has 1 aromatic heterocycles. The molecule has 0 bridgehead atoms. The number of ether oxygens (including phenoxy) is 1. The Bertz CT molecular complexity index is 868. The van der Waals surface area contributed by atoms with Crippen molar-refractivity contribution in [3.63, 3.8) is 0 Å². The van der Waals surface area contributed by atoms with Gasteiger partial charge in [-0.05, 0) is 55.6 Å². The average molecular weight is 411 g/mol. The highest BCUT2D eigenvalue weighted by Gasteiger charge is 2.25. The lowest BCUT2D eigenvalue weighted by Gasteiger charge is -2.12. The van der Waals surface area contributed by atoms with Crippen LogP contribution in [0.3, 0.4) is 0 Å². The second-order valence-corrected chi connectivity index (χ2v) is 7.83. The predicted molar refractivity (Wildman–Crippen MR) is 108 cm³/mol. The lowest BCUT2D eigenvalue weighted by atomic mass is 9.96. The number of anilines is 2. The molecule has 0 amide bonds. The van der Waals surface area contributed by atoms with Crippen LogP contribution in [0.2, 0.25) is 0 Å². The second kappa shape index (κ2) is 8.75. The lowest BCUT2D eigenvalue weighted by molar-refractivity contribution is 0.0601. The van der Waals surface area contributed by atoms with Crippen LogP contribution in [0.4, 0.5) is 19.5 Å². The van der Waals surface area contributed by atoms with Crippen molar-refractivity contribution in [2.75, 3.05) is 17.7 Å². The number of carbonyl (C=O) groups excluding carboxylic acids is 1. The van der Waals surface area contributed by atoms with Gasteiger partial charge in [-0.1, -0.05) is 12.8 Å². The van der Waals surface area contributed by atoms with Crippen molar-refractivity contribution in [3.8, 4) is 0 Å². The molecule has 2 N–H and O–H groups in total. The Morgan fingerprint density at radius 1 is 1.15 bits per heavy atom. The minimum atomic E-state index is -0.618. The summed E-state index contributed by atoms with van der Waals surface area (Å²) in [4.78, 5) is 13.5. The maximum atomic E-state index is 13.8. The van der Waals surface area contributed by atoms with Gasteiger partial charge in [0.1, 0.15) is 16.6 Å². The maximum Gasteiger partial charge on any atom is 0.341 e. The second-order valence-electron chi connectivity index (χ2n) is 6.32.